The fourth-order valence-electron chi connectivity index (χ4n) is 5.11. The topological polar surface area (TPSA) is 100 Å². The molecule has 3 amide bonds. The maximum Gasteiger partial charge on any atom is 0.321 e. The Morgan fingerprint density at radius 3 is 2.36 bits per heavy atom. The highest BCUT2D eigenvalue weighted by atomic mass is 19.1. The van der Waals surface area contributed by atoms with Crippen molar-refractivity contribution in [1.29, 1.82) is 0 Å². The van der Waals surface area contributed by atoms with E-state index in [0.29, 0.717) is 38.2 Å². The maximum atomic E-state index is 13.4. The summed E-state index contributed by atoms with van der Waals surface area (Å²) in [4.78, 5) is 31.1. The van der Waals surface area contributed by atoms with E-state index in [9.17, 15) is 14.0 Å². The first-order valence-corrected chi connectivity index (χ1v) is 11.7. The van der Waals surface area contributed by atoms with E-state index in [1.54, 1.807) is 29.4 Å². The summed E-state index contributed by atoms with van der Waals surface area (Å²) in [5.74, 6) is -0.373. The van der Waals surface area contributed by atoms with Gasteiger partial charge in [0.2, 0.25) is 5.91 Å². The highest BCUT2D eigenvalue weighted by Gasteiger charge is 2.37. The van der Waals surface area contributed by atoms with Gasteiger partial charge in [0, 0.05) is 43.1 Å². The van der Waals surface area contributed by atoms with Gasteiger partial charge in [-0.05, 0) is 61.4 Å². The first kappa shape index (κ1) is 23.2. The van der Waals surface area contributed by atoms with E-state index < -0.39 is 6.04 Å². The molecule has 2 heterocycles. The van der Waals surface area contributed by atoms with Crippen LogP contribution in [0.4, 0.5) is 14.9 Å². The number of aromatic nitrogens is 1. The third-order valence-corrected chi connectivity index (χ3v) is 7.19. The summed E-state index contributed by atoms with van der Waals surface area (Å²) < 4.78 is 13.4. The molecule has 0 radical (unpaired) electrons. The molecule has 1 unspecified atom stereocenters. The van der Waals surface area contributed by atoms with E-state index >= 15 is 0 Å². The molecule has 1 saturated heterocycles. The average molecular weight is 454 g/mol. The zero-order chi connectivity index (χ0) is 23.3. The number of nitrogens with two attached hydrogens (primary N) is 1. The summed E-state index contributed by atoms with van der Waals surface area (Å²) in [5, 5.41) is 5.95. The molecule has 8 heteroatoms. The number of urea groups is 1. The molecule has 2 fully saturated rings. The van der Waals surface area contributed by atoms with Crippen LogP contribution in [0.25, 0.3) is 0 Å². The number of nitrogens with zero attached hydrogens (tertiary/aromatic N) is 2. The third-order valence-electron chi connectivity index (χ3n) is 7.19. The lowest BCUT2D eigenvalue weighted by Crippen LogP contribution is -2.52. The van der Waals surface area contributed by atoms with Crippen LogP contribution < -0.4 is 16.4 Å². The molecule has 1 aliphatic heterocycles. The van der Waals surface area contributed by atoms with E-state index in [1.807, 2.05) is 12.1 Å². The van der Waals surface area contributed by atoms with Crippen LogP contribution in [0.15, 0.2) is 48.8 Å². The Hall–Kier alpha value is -3.00. The minimum absolute atomic E-state index is 0.0281. The number of piperidine rings is 1. The summed E-state index contributed by atoms with van der Waals surface area (Å²) in [6.45, 7) is 1.63. The second-order valence-corrected chi connectivity index (χ2v) is 9.23. The van der Waals surface area contributed by atoms with Crippen LogP contribution in [0, 0.1) is 11.7 Å². The van der Waals surface area contributed by atoms with Crippen molar-refractivity contribution in [2.75, 3.05) is 25.0 Å². The highest BCUT2D eigenvalue weighted by Crippen LogP contribution is 2.40. The Morgan fingerprint density at radius 1 is 1.09 bits per heavy atom. The van der Waals surface area contributed by atoms with Crippen molar-refractivity contribution in [2.45, 2.75) is 50.0 Å². The van der Waals surface area contributed by atoms with Crippen LogP contribution >= 0.6 is 0 Å². The predicted molar refractivity (Wildman–Crippen MR) is 125 cm³/mol. The summed E-state index contributed by atoms with van der Waals surface area (Å²) >= 11 is 0. The van der Waals surface area contributed by atoms with E-state index in [2.05, 4.69) is 15.6 Å². The lowest BCUT2D eigenvalue weighted by molar-refractivity contribution is -0.124. The van der Waals surface area contributed by atoms with Crippen molar-refractivity contribution < 1.29 is 14.0 Å². The molecule has 2 aliphatic rings. The lowest BCUT2D eigenvalue weighted by atomic mass is 9.78. The van der Waals surface area contributed by atoms with Crippen LogP contribution in [0.5, 0.6) is 0 Å². The van der Waals surface area contributed by atoms with Crippen LogP contribution in [-0.2, 0) is 10.2 Å². The van der Waals surface area contributed by atoms with Gasteiger partial charge in [-0.25, -0.2) is 9.18 Å². The zero-order valence-corrected chi connectivity index (χ0v) is 18.8. The Balaban J connectivity index is 1.28. The summed E-state index contributed by atoms with van der Waals surface area (Å²) in [6, 6.07) is 9.37. The van der Waals surface area contributed by atoms with E-state index in [4.69, 9.17) is 5.73 Å². The number of amides is 3. The Kier molecular flexibility index (Phi) is 7.23. The standard InChI is InChI=1S/C25H32FN5O2/c26-20-5-3-19(4-6-20)25(11-1-2-12-25)17-29-23(32)22(27)18-9-15-31(16-10-18)24(33)30-21-7-13-28-14-8-21/h3-8,13-14,18,22H,1-2,9-12,15-17,27H2,(H,29,32)(H,28,30,33). The quantitative estimate of drug-likeness (QED) is 0.624. The van der Waals surface area contributed by atoms with Crippen molar-refractivity contribution in [3.63, 3.8) is 0 Å². The van der Waals surface area contributed by atoms with E-state index in [1.165, 1.54) is 12.1 Å². The highest BCUT2D eigenvalue weighted by molar-refractivity contribution is 5.89. The molecular formula is C25H32FN5O2. The number of carbonyl (C=O) groups excluding carboxylic acids is 2. The number of hydrogen-bond donors (Lipinski definition) is 3. The summed E-state index contributed by atoms with van der Waals surface area (Å²) in [6.07, 6.45) is 8.76. The molecule has 2 aromatic rings. The molecule has 1 aromatic heterocycles. The zero-order valence-electron chi connectivity index (χ0n) is 18.8. The van der Waals surface area contributed by atoms with Crippen LogP contribution in [0.2, 0.25) is 0 Å². The van der Waals surface area contributed by atoms with Gasteiger partial charge in [-0.3, -0.25) is 9.78 Å². The fourth-order valence-corrected chi connectivity index (χ4v) is 5.11. The van der Waals surface area contributed by atoms with Gasteiger partial charge in [-0.1, -0.05) is 25.0 Å². The van der Waals surface area contributed by atoms with Gasteiger partial charge in [0.15, 0.2) is 0 Å². The molecule has 7 nitrogen and oxygen atoms in total. The summed E-state index contributed by atoms with van der Waals surface area (Å²) in [7, 11) is 0. The number of carbonyl (C=O) groups is 2. The second kappa shape index (κ2) is 10.3. The fraction of sp³-hybridized carbons (Fsp3) is 0.480. The van der Waals surface area contributed by atoms with Crippen molar-refractivity contribution in [3.8, 4) is 0 Å². The SMILES string of the molecule is NC(C(=O)NCC1(c2ccc(F)cc2)CCCC1)C1CCN(C(=O)Nc2ccncc2)CC1. The van der Waals surface area contributed by atoms with Gasteiger partial charge in [0.05, 0.1) is 6.04 Å². The molecular weight excluding hydrogens is 421 g/mol. The number of pyridine rings is 1. The van der Waals surface area contributed by atoms with Gasteiger partial charge in [0.1, 0.15) is 5.82 Å². The molecule has 33 heavy (non-hydrogen) atoms. The Labute approximate surface area is 193 Å². The number of likely N-dealkylation sites (tertiary alicyclic amines) is 1. The number of nitrogens with one attached hydrogen (secondary N) is 2. The van der Waals surface area contributed by atoms with Crippen LogP contribution in [0.3, 0.4) is 0 Å². The number of hydrogen-bond acceptors (Lipinski definition) is 4. The molecule has 1 aromatic carbocycles. The van der Waals surface area contributed by atoms with Gasteiger partial charge < -0.3 is 21.3 Å². The minimum Gasteiger partial charge on any atom is -0.354 e. The monoisotopic (exact) mass is 453 g/mol. The van der Waals surface area contributed by atoms with Gasteiger partial charge >= 0.3 is 6.03 Å². The van der Waals surface area contributed by atoms with E-state index in [-0.39, 0.29) is 29.1 Å². The van der Waals surface area contributed by atoms with Crippen molar-refractivity contribution in [3.05, 3.63) is 60.2 Å². The molecule has 1 saturated carbocycles. The van der Waals surface area contributed by atoms with Crippen LogP contribution in [-0.4, -0.2) is 47.5 Å². The Bertz CT molecular complexity index is 939. The molecule has 4 N–H and O–H groups in total. The first-order valence-electron chi connectivity index (χ1n) is 11.7. The molecule has 1 atom stereocenters. The van der Waals surface area contributed by atoms with Crippen molar-refractivity contribution >= 4 is 17.6 Å². The van der Waals surface area contributed by atoms with Gasteiger partial charge in [-0.15, -0.1) is 0 Å². The molecule has 0 bridgehead atoms. The van der Waals surface area contributed by atoms with Gasteiger partial charge in [-0.2, -0.15) is 0 Å². The molecule has 1 aliphatic carbocycles. The number of rotatable bonds is 6. The van der Waals surface area contributed by atoms with E-state index in [0.717, 1.165) is 31.2 Å². The third kappa shape index (κ3) is 5.50. The minimum atomic E-state index is -0.609. The van der Waals surface area contributed by atoms with Crippen LogP contribution in [0.1, 0.15) is 44.1 Å². The molecule has 176 valence electrons. The number of halogens is 1. The Morgan fingerprint density at radius 2 is 1.73 bits per heavy atom. The first-order chi connectivity index (χ1) is 16.0. The summed E-state index contributed by atoms with van der Waals surface area (Å²) in [5.41, 5.74) is 7.96. The lowest BCUT2D eigenvalue weighted by Gasteiger charge is -2.35. The largest absolute Gasteiger partial charge is 0.354 e. The smallest absolute Gasteiger partial charge is 0.321 e. The predicted octanol–water partition coefficient (Wildman–Crippen LogP) is 3.42. The molecule has 4 rings (SSSR count). The number of anilines is 1. The van der Waals surface area contributed by atoms with Crippen molar-refractivity contribution in [1.82, 2.24) is 15.2 Å². The number of benzene rings is 1. The average Bonchev–Trinajstić information content (AvgIpc) is 3.33. The maximum absolute atomic E-state index is 13.4. The van der Waals surface area contributed by atoms with Crippen molar-refractivity contribution in [2.24, 2.45) is 11.7 Å². The normalized spacial score (nSPS) is 19.2. The van der Waals surface area contributed by atoms with Gasteiger partial charge in [0.25, 0.3) is 0 Å². The molecule has 0 spiro atoms. The second-order valence-electron chi connectivity index (χ2n) is 9.23.